The summed E-state index contributed by atoms with van der Waals surface area (Å²) in [4.78, 5) is 27.0. The third-order valence-electron chi connectivity index (χ3n) is 1.73. The van der Waals surface area contributed by atoms with Crippen molar-refractivity contribution in [2.24, 2.45) is 0 Å². The summed E-state index contributed by atoms with van der Waals surface area (Å²) in [6.07, 6.45) is 1.47. The number of aromatic amines is 2. The first-order valence-corrected chi connectivity index (χ1v) is 3.96. The lowest BCUT2D eigenvalue weighted by Crippen LogP contribution is -2.11. The number of pyridine rings is 2. The number of aromatic nitrogens is 2. The Hall–Kier alpha value is -1.55. The number of H-pyrrole nitrogens is 2. The molecule has 0 aliphatic heterocycles. The zero-order valence-corrected chi connectivity index (χ0v) is 7.18. The Labute approximate surface area is 77.2 Å². The molecule has 0 unspecified atom stereocenters. The minimum absolute atomic E-state index is 0.0735. The van der Waals surface area contributed by atoms with Gasteiger partial charge in [-0.3, -0.25) is 9.59 Å². The third-order valence-corrected chi connectivity index (χ3v) is 2.02. The van der Waals surface area contributed by atoms with Crippen LogP contribution in [0, 0.1) is 0 Å². The van der Waals surface area contributed by atoms with Crippen LogP contribution in [0.15, 0.2) is 27.9 Å². The van der Waals surface area contributed by atoms with E-state index in [4.69, 9.17) is 11.6 Å². The molecule has 0 saturated heterocycles. The molecule has 2 rings (SSSR count). The average molecular weight is 197 g/mol. The summed E-state index contributed by atoms with van der Waals surface area (Å²) in [5.74, 6) is 0. The van der Waals surface area contributed by atoms with Crippen LogP contribution < -0.4 is 11.1 Å². The standard InChI is InChI=1S/C8H5ClN2O2/c9-7-6-4(3-5(12)11-7)1-2-10-8(6)13/h1-3H,(H,10,13)(H,11,12). The van der Waals surface area contributed by atoms with Gasteiger partial charge in [0.1, 0.15) is 5.15 Å². The van der Waals surface area contributed by atoms with Crippen LogP contribution >= 0.6 is 11.6 Å². The molecule has 2 N–H and O–H groups in total. The molecule has 2 heterocycles. The molecule has 5 heteroatoms. The summed E-state index contributed by atoms with van der Waals surface area (Å²) >= 11 is 5.69. The first kappa shape index (κ1) is 8.07. The highest BCUT2D eigenvalue weighted by Gasteiger charge is 2.03. The summed E-state index contributed by atoms with van der Waals surface area (Å²) < 4.78 is 0. The van der Waals surface area contributed by atoms with Crippen molar-refractivity contribution in [2.45, 2.75) is 0 Å². The van der Waals surface area contributed by atoms with Crippen LogP contribution in [-0.4, -0.2) is 9.97 Å². The van der Waals surface area contributed by atoms with Gasteiger partial charge in [-0.25, -0.2) is 0 Å². The Kier molecular flexibility index (Phi) is 1.70. The van der Waals surface area contributed by atoms with E-state index in [1.54, 1.807) is 6.07 Å². The molecule has 0 bridgehead atoms. The summed E-state index contributed by atoms with van der Waals surface area (Å²) in [5.41, 5.74) is -0.623. The third kappa shape index (κ3) is 1.25. The first-order chi connectivity index (χ1) is 6.18. The lowest BCUT2D eigenvalue weighted by atomic mass is 10.2. The molecule has 0 saturated carbocycles. The molecule has 0 amide bonds. The van der Waals surface area contributed by atoms with Gasteiger partial charge in [0.05, 0.1) is 5.39 Å². The van der Waals surface area contributed by atoms with Crippen molar-refractivity contribution in [1.29, 1.82) is 0 Å². The fourth-order valence-corrected chi connectivity index (χ4v) is 1.48. The zero-order valence-electron chi connectivity index (χ0n) is 6.43. The second kappa shape index (κ2) is 2.74. The van der Waals surface area contributed by atoms with E-state index >= 15 is 0 Å². The fraction of sp³-hybridized carbons (Fsp3) is 0. The summed E-state index contributed by atoms with van der Waals surface area (Å²) in [7, 11) is 0. The predicted molar refractivity (Wildman–Crippen MR) is 50.2 cm³/mol. The van der Waals surface area contributed by atoms with Gasteiger partial charge in [0.15, 0.2) is 0 Å². The van der Waals surface area contributed by atoms with E-state index in [0.717, 1.165) is 0 Å². The van der Waals surface area contributed by atoms with Crippen LogP contribution in [0.4, 0.5) is 0 Å². The molecule has 2 aromatic heterocycles. The van der Waals surface area contributed by atoms with Crippen molar-refractivity contribution in [3.63, 3.8) is 0 Å². The highest BCUT2D eigenvalue weighted by atomic mass is 35.5. The molecule has 4 nitrogen and oxygen atoms in total. The molecule has 13 heavy (non-hydrogen) atoms. The quantitative estimate of drug-likeness (QED) is 0.614. The normalized spacial score (nSPS) is 10.5. The highest BCUT2D eigenvalue weighted by Crippen LogP contribution is 2.13. The summed E-state index contributed by atoms with van der Waals surface area (Å²) in [6, 6.07) is 2.95. The van der Waals surface area contributed by atoms with Gasteiger partial charge in [-0.1, -0.05) is 11.6 Å². The smallest absolute Gasteiger partial charge is 0.258 e. The number of halogens is 1. The molecule has 0 radical (unpaired) electrons. The Morgan fingerprint density at radius 3 is 2.85 bits per heavy atom. The predicted octanol–water partition coefficient (Wildman–Crippen LogP) is 0.870. The lowest BCUT2D eigenvalue weighted by Gasteiger charge is -1.96. The van der Waals surface area contributed by atoms with Gasteiger partial charge in [0.25, 0.3) is 5.56 Å². The van der Waals surface area contributed by atoms with Gasteiger partial charge >= 0.3 is 0 Å². The lowest BCUT2D eigenvalue weighted by molar-refractivity contribution is 1.22. The van der Waals surface area contributed by atoms with Crippen molar-refractivity contribution < 1.29 is 0 Å². The molecule has 2 aromatic rings. The van der Waals surface area contributed by atoms with Gasteiger partial charge in [-0.05, 0) is 11.5 Å². The molecule has 66 valence electrons. The summed E-state index contributed by atoms with van der Waals surface area (Å²) in [5, 5.41) is 0.922. The molecule has 0 atom stereocenters. The number of hydrogen-bond acceptors (Lipinski definition) is 2. The Morgan fingerprint density at radius 2 is 2.08 bits per heavy atom. The molecule has 0 aliphatic rings. The maximum Gasteiger partial charge on any atom is 0.258 e. The number of fused-ring (bicyclic) bond motifs is 1. The SMILES string of the molecule is O=c1cc2cc[nH]c(=O)c2c(Cl)[nH]1. The van der Waals surface area contributed by atoms with Gasteiger partial charge in [0.2, 0.25) is 5.56 Å². The van der Waals surface area contributed by atoms with Crippen LogP contribution in [-0.2, 0) is 0 Å². The van der Waals surface area contributed by atoms with E-state index in [0.29, 0.717) is 10.8 Å². The van der Waals surface area contributed by atoms with Crippen molar-refractivity contribution in [3.05, 3.63) is 44.2 Å². The van der Waals surface area contributed by atoms with Crippen LogP contribution in [0.5, 0.6) is 0 Å². The van der Waals surface area contributed by atoms with Crippen molar-refractivity contribution >= 4 is 22.4 Å². The van der Waals surface area contributed by atoms with Gasteiger partial charge in [-0.2, -0.15) is 0 Å². The average Bonchev–Trinajstić information content (AvgIpc) is 2.02. The van der Waals surface area contributed by atoms with Crippen LogP contribution in [0.25, 0.3) is 10.8 Å². The second-order valence-corrected chi connectivity index (χ2v) is 2.96. The topological polar surface area (TPSA) is 65.7 Å². The first-order valence-electron chi connectivity index (χ1n) is 3.59. The van der Waals surface area contributed by atoms with E-state index in [9.17, 15) is 9.59 Å². The largest absolute Gasteiger partial charge is 0.328 e. The molecule has 0 aromatic carbocycles. The van der Waals surface area contributed by atoms with Gasteiger partial charge in [-0.15, -0.1) is 0 Å². The van der Waals surface area contributed by atoms with Crippen LogP contribution in [0.1, 0.15) is 0 Å². The minimum atomic E-state index is -0.317. The monoisotopic (exact) mass is 196 g/mol. The number of nitrogens with one attached hydrogen (secondary N) is 2. The van der Waals surface area contributed by atoms with Crippen LogP contribution in [0.2, 0.25) is 5.15 Å². The molecular formula is C8H5ClN2O2. The Balaban J connectivity index is 3.12. The molecule has 0 aliphatic carbocycles. The van der Waals surface area contributed by atoms with Crippen LogP contribution in [0.3, 0.4) is 0 Å². The van der Waals surface area contributed by atoms with E-state index in [1.165, 1.54) is 12.3 Å². The molecule has 0 spiro atoms. The van der Waals surface area contributed by atoms with Crippen molar-refractivity contribution in [1.82, 2.24) is 9.97 Å². The summed E-state index contributed by atoms with van der Waals surface area (Å²) in [6.45, 7) is 0. The van der Waals surface area contributed by atoms with E-state index < -0.39 is 0 Å². The van der Waals surface area contributed by atoms with Crippen molar-refractivity contribution in [3.8, 4) is 0 Å². The van der Waals surface area contributed by atoms with E-state index in [-0.39, 0.29) is 16.3 Å². The maximum absolute atomic E-state index is 11.2. The number of rotatable bonds is 0. The van der Waals surface area contributed by atoms with E-state index in [1.807, 2.05) is 0 Å². The molecule has 0 fully saturated rings. The molecular weight excluding hydrogens is 192 g/mol. The minimum Gasteiger partial charge on any atom is -0.328 e. The Bertz CT molecular complexity index is 570. The Morgan fingerprint density at radius 1 is 1.31 bits per heavy atom. The zero-order chi connectivity index (χ0) is 9.42. The van der Waals surface area contributed by atoms with Gasteiger partial charge in [0, 0.05) is 12.3 Å². The fourth-order valence-electron chi connectivity index (χ4n) is 1.19. The second-order valence-electron chi connectivity index (χ2n) is 2.58. The van der Waals surface area contributed by atoms with Gasteiger partial charge < -0.3 is 9.97 Å². The van der Waals surface area contributed by atoms with E-state index in [2.05, 4.69) is 9.97 Å². The number of hydrogen-bond donors (Lipinski definition) is 2. The van der Waals surface area contributed by atoms with Crippen molar-refractivity contribution in [2.75, 3.05) is 0 Å². The highest BCUT2D eigenvalue weighted by molar-refractivity contribution is 6.34. The maximum atomic E-state index is 11.2.